The summed E-state index contributed by atoms with van der Waals surface area (Å²) in [5.74, 6) is 1.94. The molecule has 0 radical (unpaired) electrons. The molecule has 102 valence electrons. The minimum atomic E-state index is 0.962. The van der Waals surface area contributed by atoms with Gasteiger partial charge in [0.15, 0.2) is 0 Å². The lowest BCUT2D eigenvalue weighted by Crippen LogP contribution is -2.23. The van der Waals surface area contributed by atoms with E-state index in [1.54, 1.807) is 11.3 Å². The molecule has 0 aliphatic heterocycles. The highest BCUT2D eigenvalue weighted by Crippen LogP contribution is 2.30. The second-order valence-corrected chi connectivity index (χ2v) is 6.73. The second-order valence-electron chi connectivity index (χ2n) is 5.79. The lowest BCUT2D eigenvalue weighted by atomic mass is 9.81. The van der Waals surface area contributed by atoms with Crippen molar-refractivity contribution in [2.75, 3.05) is 13.1 Å². The predicted molar refractivity (Wildman–Crippen MR) is 79.2 cm³/mol. The fraction of sp³-hybridized carbons (Fsp3) is 0.800. The van der Waals surface area contributed by atoms with Gasteiger partial charge in [0, 0.05) is 11.4 Å². The maximum atomic E-state index is 4.29. The highest BCUT2D eigenvalue weighted by Gasteiger charge is 2.17. The molecule has 1 heterocycles. The van der Waals surface area contributed by atoms with Gasteiger partial charge in [-0.3, -0.25) is 0 Å². The van der Waals surface area contributed by atoms with Crippen molar-refractivity contribution in [3.8, 4) is 0 Å². The van der Waals surface area contributed by atoms with Crippen molar-refractivity contribution in [2.24, 2.45) is 11.8 Å². The Balaban J connectivity index is 1.55. The second kappa shape index (κ2) is 7.25. The van der Waals surface area contributed by atoms with Gasteiger partial charge < -0.3 is 5.32 Å². The number of nitrogens with one attached hydrogen (secondary N) is 1. The van der Waals surface area contributed by atoms with Crippen molar-refractivity contribution < 1.29 is 0 Å². The molecule has 2 atom stereocenters. The zero-order valence-corrected chi connectivity index (χ0v) is 12.6. The van der Waals surface area contributed by atoms with E-state index in [1.807, 2.05) is 5.51 Å². The van der Waals surface area contributed by atoms with Crippen LogP contribution in [0.15, 0.2) is 5.51 Å². The van der Waals surface area contributed by atoms with Gasteiger partial charge in [0.25, 0.3) is 0 Å². The summed E-state index contributed by atoms with van der Waals surface area (Å²) in [5, 5.41) is 3.59. The third-order valence-electron chi connectivity index (χ3n) is 4.15. The van der Waals surface area contributed by atoms with E-state index in [-0.39, 0.29) is 0 Å². The maximum Gasteiger partial charge on any atom is 0.0797 e. The Kier molecular flexibility index (Phi) is 5.64. The molecule has 1 N–H and O–H groups in total. The minimum absolute atomic E-state index is 0.962. The number of nitrogens with zero attached hydrogens (tertiary/aromatic N) is 1. The average molecular weight is 266 g/mol. The van der Waals surface area contributed by atoms with Crippen LogP contribution in [-0.2, 0) is 6.42 Å². The summed E-state index contributed by atoms with van der Waals surface area (Å²) in [6.45, 7) is 6.81. The first-order valence-corrected chi connectivity index (χ1v) is 8.23. The topological polar surface area (TPSA) is 24.9 Å². The van der Waals surface area contributed by atoms with Gasteiger partial charge >= 0.3 is 0 Å². The third-order valence-corrected chi connectivity index (χ3v) is 5.14. The van der Waals surface area contributed by atoms with Crippen molar-refractivity contribution in [1.82, 2.24) is 10.3 Å². The summed E-state index contributed by atoms with van der Waals surface area (Å²) in [7, 11) is 0. The summed E-state index contributed by atoms with van der Waals surface area (Å²) >= 11 is 1.78. The molecule has 1 fully saturated rings. The van der Waals surface area contributed by atoms with Gasteiger partial charge in [-0.05, 0) is 44.6 Å². The Morgan fingerprint density at radius 2 is 2.28 bits per heavy atom. The highest BCUT2D eigenvalue weighted by molar-refractivity contribution is 7.09. The molecule has 18 heavy (non-hydrogen) atoms. The fourth-order valence-corrected chi connectivity index (χ4v) is 3.80. The van der Waals surface area contributed by atoms with Gasteiger partial charge in [0.1, 0.15) is 0 Å². The van der Waals surface area contributed by atoms with E-state index in [2.05, 4.69) is 24.1 Å². The smallest absolute Gasteiger partial charge is 0.0797 e. The van der Waals surface area contributed by atoms with E-state index in [9.17, 15) is 0 Å². The Labute approximate surface area is 115 Å². The molecule has 0 aromatic carbocycles. The Bertz CT molecular complexity index is 348. The van der Waals surface area contributed by atoms with E-state index in [0.29, 0.717) is 0 Å². The van der Waals surface area contributed by atoms with Crippen LogP contribution in [0, 0.1) is 18.8 Å². The summed E-state index contributed by atoms with van der Waals surface area (Å²) in [6, 6.07) is 0. The molecule has 0 bridgehead atoms. The number of hydrogen-bond donors (Lipinski definition) is 1. The monoisotopic (exact) mass is 266 g/mol. The minimum Gasteiger partial charge on any atom is -0.316 e. The lowest BCUT2D eigenvalue weighted by molar-refractivity contribution is 0.268. The van der Waals surface area contributed by atoms with Gasteiger partial charge in [-0.1, -0.05) is 26.2 Å². The number of hydrogen-bond acceptors (Lipinski definition) is 3. The van der Waals surface area contributed by atoms with Crippen LogP contribution in [0.5, 0.6) is 0 Å². The molecule has 1 aromatic heterocycles. The van der Waals surface area contributed by atoms with Gasteiger partial charge in [-0.2, -0.15) is 0 Å². The molecule has 2 unspecified atom stereocenters. The van der Waals surface area contributed by atoms with Crippen molar-refractivity contribution in [2.45, 2.75) is 52.4 Å². The predicted octanol–water partition coefficient (Wildman–Crippen LogP) is 3.80. The number of aryl methyl sites for hydroxylation is 1. The third kappa shape index (κ3) is 4.36. The average Bonchev–Trinajstić information content (AvgIpc) is 2.75. The zero-order valence-electron chi connectivity index (χ0n) is 11.7. The maximum absolute atomic E-state index is 4.29. The van der Waals surface area contributed by atoms with E-state index >= 15 is 0 Å². The summed E-state index contributed by atoms with van der Waals surface area (Å²) in [5.41, 5.74) is 3.16. The van der Waals surface area contributed by atoms with Crippen LogP contribution in [0.3, 0.4) is 0 Å². The summed E-state index contributed by atoms with van der Waals surface area (Å²) < 4.78 is 0. The Hall–Kier alpha value is -0.410. The zero-order chi connectivity index (χ0) is 12.8. The molecule has 1 saturated carbocycles. The molecule has 1 aliphatic rings. The highest BCUT2D eigenvalue weighted by atomic mass is 32.1. The van der Waals surface area contributed by atoms with Crippen molar-refractivity contribution in [3.63, 3.8) is 0 Å². The molecule has 0 saturated heterocycles. The van der Waals surface area contributed by atoms with Gasteiger partial charge in [-0.25, -0.2) is 4.98 Å². The van der Waals surface area contributed by atoms with E-state index in [4.69, 9.17) is 0 Å². The van der Waals surface area contributed by atoms with Gasteiger partial charge in [0.05, 0.1) is 11.2 Å². The van der Waals surface area contributed by atoms with Crippen LogP contribution in [-0.4, -0.2) is 18.1 Å². The molecular formula is C15H26N2S. The van der Waals surface area contributed by atoms with E-state index in [0.717, 1.165) is 24.8 Å². The molecule has 1 aliphatic carbocycles. The van der Waals surface area contributed by atoms with Crippen LogP contribution in [0.2, 0.25) is 0 Å². The molecule has 1 aromatic rings. The van der Waals surface area contributed by atoms with Crippen LogP contribution in [0.1, 0.15) is 49.6 Å². The standard InChI is InChI=1S/C15H26N2S/c1-12-4-3-5-14(10-12)6-8-16-9-7-15-13(2)17-11-18-15/h11-12,14,16H,3-10H2,1-2H3. The normalized spacial score (nSPS) is 24.3. The lowest BCUT2D eigenvalue weighted by Gasteiger charge is -2.26. The van der Waals surface area contributed by atoms with Crippen molar-refractivity contribution >= 4 is 11.3 Å². The number of aromatic nitrogens is 1. The van der Waals surface area contributed by atoms with Gasteiger partial charge in [-0.15, -0.1) is 11.3 Å². The van der Waals surface area contributed by atoms with E-state index in [1.165, 1.54) is 49.2 Å². The fourth-order valence-electron chi connectivity index (χ4n) is 3.02. The molecular weight excluding hydrogens is 240 g/mol. The molecule has 0 spiro atoms. The van der Waals surface area contributed by atoms with Crippen LogP contribution >= 0.6 is 11.3 Å². The van der Waals surface area contributed by atoms with Crippen LogP contribution in [0.25, 0.3) is 0 Å². The molecule has 0 amide bonds. The Morgan fingerprint density at radius 3 is 3.00 bits per heavy atom. The number of thiazole rings is 1. The van der Waals surface area contributed by atoms with E-state index < -0.39 is 0 Å². The number of rotatable bonds is 6. The molecule has 2 nitrogen and oxygen atoms in total. The summed E-state index contributed by atoms with van der Waals surface area (Å²) in [4.78, 5) is 5.73. The largest absolute Gasteiger partial charge is 0.316 e. The summed E-state index contributed by atoms with van der Waals surface area (Å²) in [6.07, 6.45) is 8.32. The molecule has 3 heteroatoms. The van der Waals surface area contributed by atoms with Gasteiger partial charge in [0.2, 0.25) is 0 Å². The quantitative estimate of drug-likeness (QED) is 0.792. The first-order chi connectivity index (χ1) is 8.75. The first kappa shape index (κ1) is 14.0. The van der Waals surface area contributed by atoms with Crippen molar-refractivity contribution in [1.29, 1.82) is 0 Å². The van der Waals surface area contributed by atoms with Crippen LogP contribution in [0.4, 0.5) is 0 Å². The Morgan fingerprint density at radius 1 is 1.39 bits per heavy atom. The first-order valence-electron chi connectivity index (χ1n) is 7.35. The van der Waals surface area contributed by atoms with Crippen molar-refractivity contribution in [3.05, 3.63) is 16.1 Å². The SMILES string of the molecule is Cc1ncsc1CCNCCC1CCCC(C)C1. The molecule has 2 rings (SSSR count). The van der Waals surface area contributed by atoms with Crippen LogP contribution < -0.4 is 5.32 Å².